The van der Waals surface area contributed by atoms with Crippen LogP contribution < -0.4 is 9.64 Å². The lowest BCUT2D eigenvalue weighted by Gasteiger charge is -2.15. The van der Waals surface area contributed by atoms with Gasteiger partial charge < -0.3 is 9.64 Å². The van der Waals surface area contributed by atoms with E-state index in [-0.39, 0.29) is 0 Å². The number of para-hydroxylation sites is 1. The number of rotatable bonds is 3. The molecule has 0 fully saturated rings. The van der Waals surface area contributed by atoms with E-state index < -0.39 is 0 Å². The first kappa shape index (κ1) is 11.9. The standard InChI is InChI=1S/C14H13N3O/c1-17(2)13-8-9-16-14(12(13)10-15)18-11-6-4-3-5-7-11/h3-9H,1-2H3. The third-order valence-corrected chi connectivity index (χ3v) is 2.45. The second-order valence-electron chi connectivity index (χ2n) is 3.93. The molecule has 0 radical (unpaired) electrons. The Kier molecular flexibility index (Phi) is 3.44. The number of pyridine rings is 1. The van der Waals surface area contributed by atoms with Crippen LogP contribution in [0.3, 0.4) is 0 Å². The number of hydrogen-bond acceptors (Lipinski definition) is 4. The topological polar surface area (TPSA) is 49.2 Å². The van der Waals surface area contributed by atoms with Crippen molar-refractivity contribution in [3.63, 3.8) is 0 Å². The number of nitriles is 1. The fourth-order valence-electron chi connectivity index (χ4n) is 1.59. The summed E-state index contributed by atoms with van der Waals surface area (Å²) >= 11 is 0. The number of hydrogen-bond donors (Lipinski definition) is 0. The van der Waals surface area contributed by atoms with Crippen LogP contribution in [0.4, 0.5) is 5.69 Å². The van der Waals surface area contributed by atoms with Crippen LogP contribution in [0.2, 0.25) is 0 Å². The molecule has 18 heavy (non-hydrogen) atoms. The molecule has 4 heteroatoms. The van der Waals surface area contributed by atoms with E-state index in [9.17, 15) is 5.26 Å². The second-order valence-corrected chi connectivity index (χ2v) is 3.93. The highest BCUT2D eigenvalue weighted by Gasteiger charge is 2.12. The molecule has 0 N–H and O–H groups in total. The molecule has 90 valence electrons. The van der Waals surface area contributed by atoms with Gasteiger partial charge in [0.25, 0.3) is 0 Å². The molecular weight excluding hydrogens is 226 g/mol. The van der Waals surface area contributed by atoms with Gasteiger partial charge in [0, 0.05) is 20.3 Å². The van der Waals surface area contributed by atoms with E-state index in [1.54, 1.807) is 12.3 Å². The lowest BCUT2D eigenvalue weighted by atomic mass is 10.2. The Hall–Kier alpha value is -2.54. The van der Waals surface area contributed by atoms with Crippen LogP contribution in [0.15, 0.2) is 42.6 Å². The summed E-state index contributed by atoms with van der Waals surface area (Å²) in [5, 5.41) is 9.23. The summed E-state index contributed by atoms with van der Waals surface area (Å²) < 4.78 is 5.63. The van der Waals surface area contributed by atoms with Crippen molar-refractivity contribution in [1.82, 2.24) is 4.98 Å². The van der Waals surface area contributed by atoms with E-state index in [1.165, 1.54) is 0 Å². The average Bonchev–Trinajstić information content (AvgIpc) is 2.39. The third-order valence-electron chi connectivity index (χ3n) is 2.45. The van der Waals surface area contributed by atoms with E-state index in [2.05, 4.69) is 11.1 Å². The first-order valence-corrected chi connectivity index (χ1v) is 5.51. The maximum absolute atomic E-state index is 9.23. The minimum Gasteiger partial charge on any atom is -0.438 e. The zero-order valence-electron chi connectivity index (χ0n) is 10.3. The molecule has 0 saturated carbocycles. The quantitative estimate of drug-likeness (QED) is 0.826. The minimum atomic E-state index is 0.329. The van der Waals surface area contributed by atoms with Crippen LogP contribution in [0.1, 0.15) is 5.56 Å². The molecule has 0 aliphatic rings. The molecule has 0 atom stereocenters. The van der Waals surface area contributed by atoms with Crippen LogP contribution >= 0.6 is 0 Å². The third kappa shape index (κ3) is 2.41. The number of anilines is 1. The Morgan fingerprint density at radius 2 is 1.89 bits per heavy atom. The van der Waals surface area contributed by atoms with Crippen molar-refractivity contribution >= 4 is 5.69 Å². The Labute approximate surface area is 106 Å². The zero-order chi connectivity index (χ0) is 13.0. The van der Waals surface area contributed by atoms with Crippen LogP contribution in [0.5, 0.6) is 11.6 Å². The Morgan fingerprint density at radius 3 is 2.50 bits per heavy atom. The normalized spacial score (nSPS) is 9.61. The van der Waals surface area contributed by atoms with E-state index in [4.69, 9.17) is 4.74 Å². The van der Waals surface area contributed by atoms with E-state index >= 15 is 0 Å². The van der Waals surface area contributed by atoms with Crippen LogP contribution in [-0.4, -0.2) is 19.1 Å². The maximum Gasteiger partial charge on any atom is 0.239 e. The first-order chi connectivity index (χ1) is 8.72. The number of aromatic nitrogens is 1. The molecule has 0 bridgehead atoms. The van der Waals surface area contributed by atoms with Gasteiger partial charge in [-0.3, -0.25) is 0 Å². The molecular formula is C14H13N3O. The van der Waals surface area contributed by atoms with Gasteiger partial charge in [0.1, 0.15) is 17.4 Å². The van der Waals surface area contributed by atoms with Crippen molar-refractivity contribution in [2.24, 2.45) is 0 Å². The predicted octanol–water partition coefficient (Wildman–Crippen LogP) is 2.81. The summed E-state index contributed by atoms with van der Waals surface area (Å²) in [4.78, 5) is 5.98. The summed E-state index contributed by atoms with van der Waals surface area (Å²) in [6.07, 6.45) is 1.63. The summed E-state index contributed by atoms with van der Waals surface area (Å²) in [5.74, 6) is 0.993. The maximum atomic E-state index is 9.23. The smallest absolute Gasteiger partial charge is 0.239 e. The number of ether oxygens (including phenoxy) is 1. The van der Waals surface area contributed by atoms with E-state index in [1.807, 2.05) is 49.3 Å². The Balaban J connectivity index is 2.40. The van der Waals surface area contributed by atoms with Gasteiger partial charge in [-0.05, 0) is 18.2 Å². The highest BCUT2D eigenvalue weighted by Crippen LogP contribution is 2.28. The van der Waals surface area contributed by atoms with Gasteiger partial charge in [-0.15, -0.1) is 0 Å². The highest BCUT2D eigenvalue weighted by molar-refractivity contribution is 5.62. The van der Waals surface area contributed by atoms with Crippen molar-refractivity contribution < 1.29 is 4.74 Å². The zero-order valence-corrected chi connectivity index (χ0v) is 10.3. The summed E-state index contributed by atoms with van der Waals surface area (Å²) in [5.41, 5.74) is 1.23. The van der Waals surface area contributed by atoms with Crippen molar-refractivity contribution in [2.75, 3.05) is 19.0 Å². The van der Waals surface area contributed by atoms with Crippen LogP contribution in [-0.2, 0) is 0 Å². The summed E-state index contributed by atoms with van der Waals surface area (Å²) in [6, 6.07) is 13.2. The molecule has 2 rings (SSSR count). The van der Waals surface area contributed by atoms with Gasteiger partial charge >= 0.3 is 0 Å². The van der Waals surface area contributed by atoms with Crippen LogP contribution in [0.25, 0.3) is 0 Å². The predicted molar refractivity (Wildman–Crippen MR) is 69.8 cm³/mol. The monoisotopic (exact) mass is 239 g/mol. The molecule has 1 aromatic heterocycles. The molecule has 0 aliphatic heterocycles. The molecule has 0 unspecified atom stereocenters. The largest absolute Gasteiger partial charge is 0.438 e. The van der Waals surface area contributed by atoms with Crippen molar-refractivity contribution in [3.8, 4) is 17.7 Å². The van der Waals surface area contributed by atoms with Crippen LogP contribution in [0, 0.1) is 11.3 Å². The summed E-state index contributed by atoms with van der Waals surface area (Å²) in [6.45, 7) is 0. The molecule has 1 heterocycles. The lowest BCUT2D eigenvalue weighted by molar-refractivity contribution is 0.461. The SMILES string of the molecule is CN(C)c1ccnc(Oc2ccccc2)c1C#N. The van der Waals surface area contributed by atoms with Gasteiger partial charge in [-0.25, -0.2) is 4.98 Å². The molecule has 0 aliphatic carbocycles. The van der Waals surface area contributed by atoms with Gasteiger partial charge in [0.15, 0.2) is 0 Å². The Bertz CT molecular complexity index is 573. The van der Waals surface area contributed by atoms with Gasteiger partial charge in [0.2, 0.25) is 5.88 Å². The minimum absolute atomic E-state index is 0.329. The molecule has 2 aromatic rings. The van der Waals surface area contributed by atoms with Gasteiger partial charge in [0.05, 0.1) is 5.69 Å². The van der Waals surface area contributed by atoms with Crippen molar-refractivity contribution in [3.05, 3.63) is 48.2 Å². The average molecular weight is 239 g/mol. The summed E-state index contributed by atoms with van der Waals surface area (Å²) in [7, 11) is 3.75. The number of nitrogens with zero attached hydrogens (tertiary/aromatic N) is 3. The van der Waals surface area contributed by atoms with Gasteiger partial charge in [-0.2, -0.15) is 5.26 Å². The first-order valence-electron chi connectivity index (χ1n) is 5.51. The van der Waals surface area contributed by atoms with E-state index in [0.29, 0.717) is 17.2 Å². The molecule has 0 amide bonds. The van der Waals surface area contributed by atoms with E-state index in [0.717, 1.165) is 5.69 Å². The highest BCUT2D eigenvalue weighted by atomic mass is 16.5. The molecule has 0 saturated heterocycles. The number of benzene rings is 1. The fraction of sp³-hybridized carbons (Fsp3) is 0.143. The Morgan fingerprint density at radius 1 is 1.17 bits per heavy atom. The van der Waals surface area contributed by atoms with Gasteiger partial charge in [-0.1, -0.05) is 18.2 Å². The molecule has 1 aromatic carbocycles. The van der Waals surface area contributed by atoms with Crippen molar-refractivity contribution in [1.29, 1.82) is 5.26 Å². The molecule has 0 spiro atoms. The second kappa shape index (κ2) is 5.19. The lowest BCUT2D eigenvalue weighted by Crippen LogP contribution is -2.11. The van der Waals surface area contributed by atoms with Crippen molar-refractivity contribution in [2.45, 2.75) is 0 Å². The molecule has 4 nitrogen and oxygen atoms in total. The fourth-order valence-corrected chi connectivity index (χ4v) is 1.59.